The Kier molecular flexibility index (Phi) is 5.04. The minimum Gasteiger partial charge on any atom is -0.449 e. The van der Waals surface area contributed by atoms with Crippen LogP contribution in [0.5, 0.6) is 0 Å². The topological polar surface area (TPSA) is 29.5 Å². The highest BCUT2D eigenvalue weighted by molar-refractivity contribution is 9.09. The van der Waals surface area contributed by atoms with Crippen molar-refractivity contribution in [1.82, 2.24) is 0 Å². The number of alkyl halides is 4. The summed E-state index contributed by atoms with van der Waals surface area (Å²) in [6, 6.07) is 3.36. The van der Waals surface area contributed by atoms with Crippen molar-refractivity contribution in [3.05, 3.63) is 29.3 Å². The van der Waals surface area contributed by atoms with Gasteiger partial charge in [-0.3, -0.25) is 4.90 Å². The Morgan fingerprint density at radius 3 is 2.64 bits per heavy atom. The number of nitrogens with zero attached hydrogens (tertiary/aromatic N) is 1. The van der Waals surface area contributed by atoms with Crippen molar-refractivity contribution in [2.24, 2.45) is 0 Å². The maximum Gasteiger partial charge on any atom is 0.416 e. The van der Waals surface area contributed by atoms with Crippen LogP contribution in [-0.4, -0.2) is 18.7 Å². The number of carbonyl (C=O) groups excluding carboxylic acids is 1. The summed E-state index contributed by atoms with van der Waals surface area (Å²) in [5.41, 5.74) is 0.230. The first-order valence-corrected chi connectivity index (χ1v) is 8.02. The molecule has 0 N–H and O–H groups in total. The van der Waals surface area contributed by atoms with Gasteiger partial charge in [0.05, 0.1) is 17.9 Å². The van der Waals surface area contributed by atoms with Gasteiger partial charge < -0.3 is 4.74 Å². The molecule has 1 heterocycles. The Hall–Kier alpha value is -1.24. The molecular formula is C15H17BrF3NO2. The van der Waals surface area contributed by atoms with E-state index in [-0.39, 0.29) is 17.5 Å². The van der Waals surface area contributed by atoms with Gasteiger partial charge >= 0.3 is 12.3 Å². The third kappa shape index (κ3) is 3.24. The molecule has 1 amide bonds. The molecule has 2 rings (SSSR count). The van der Waals surface area contributed by atoms with Crippen molar-refractivity contribution in [3.63, 3.8) is 0 Å². The fourth-order valence-corrected chi connectivity index (χ4v) is 3.46. The molecule has 0 bridgehead atoms. The molecule has 1 aliphatic heterocycles. The maximum atomic E-state index is 12.9. The maximum absolute atomic E-state index is 12.9. The van der Waals surface area contributed by atoms with Gasteiger partial charge in [-0.15, -0.1) is 0 Å². The molecule has 1 aromatic carbocycles. The van der Waals surface area contributed by atoms with Gasteiger partial charge in [0.25, 0.3) is 0 Å². The lowest BCUT2D eigenvalue weighted by Gasteiger charge is -2.38. The zero-order chi connectivity index (χ0) is 16.5. The Morgan fingerprint density at radius 1 is 1.41 bits per heavy atom. The minimum atomic E-state index is -4.40. The first-order valence-electron chi connectivity index (χ1n) is 7.10. The number of hydrogen-bond acceptors (Lipinski definition) is 2. The molecule has 1 unspecified atom stereocenters. The molecular weight excluding hydrogens is 363 g/mol. The van der Waals surface area contributed by atoms with E-state index in [0.29, 0.717) is 24.1 Å². The van der Waals surface area contributed by atoms with Crippen LogP contribution in [0.25, 0.3) is 0 Å². The van der Waals surface area contributed by atoms with Crippen molar-refractivity contribution in [2.75, 3.05) is 11.5 Å². The van der Waals surface area contributed by atoms with Crippen LogP contribution < -0.4 is 4.90 Å². The second-order valence-corrected chi connectivity index (χ2v) is 6.21. The molecule has 1 aliphatic rings. The number of benzene rings is 1. The lowest BCUT2D eigenvalue weighted by atomic mass is 9.93. The molecule has 1 aromatic rings. The van der Waals surface area contributed by atoms with Crippen molar-refractivity contribution in [3.8, 4) is 0 Å². The van der Waals surface area contributed by atoms with E-state index in [4.69, 9.17) is 4.74 Å². The van der Waals surface area contributed by atoms with Crippen molar-refractivity contribution >= 4 is 27.7 Å². The van der Waals surface area contributed by atoms with Crippen LogP contribution in [0, 0.1) is 0 Å². The molecule has 0 fully saturated rings. The van der Waals surface area contributed by atoms with E-state index in [9.17, 15) is 18.0 Å². The first kappa shape index (κ1) is 17.1. The number of amides is 1. The van der Waals surface area contributed by atoms with E-state index in [1.54, 1.807) is 6.92 Å². The average Bonchev–Trinajstić information content (AvgIpc) is 2.45. The van der Waals surface area contributed by atoms with Crippen LogP contribution in [0.1, 0.15) is 42.6 Å². The van der Waals surface area contributed by atoms with Crippen molar-refractivity contribution in [2.45, 2.75) is 43.7 Å². The summed E-state index contributed by atoms with van der Waals surface area (Å²) in [7, 11) is 0. The summed E-state index contributed by atoms with van der Waals surface area (Å²) in [5.74, 6) is 0. The summed E-state index contributed by atoms with van der Waals surface area (Å²) in [5, 5.41) is 0. The van der Waals surface area contributed by atoms with E-state index < -0.39 is 17.8 Å². The zero-order valence-electron chi connectivity index (χ0n) is 12.3. The highest BCUT2D eigenvalue weighted by atomic mass is 79.9. The van der Waals surface area contributed by atoms with Crippen LogP contribution >= 0.6 is 15.9 Å². The molecule has 2 atom stereocenters. The van der Waals surface area contributed by atoms with Crippen molar-refractivity contribution in [1.29, 1.82) is 0 Å². The van der Waals surface area contributed by atoms with Gasteiger partial charge in [0.2, 0.25) is 0 Å². The van der Waals surface area contributed by atoms with Crippen LogP contribution in [-0.2, 0) is 10.9 Å². The fourth-order valence-electron chi connectivity index (χ4n) is 2.66. The van der Waals surface area contributed by atoms with Gasteiger partial charge in [-0.1, -0.05) is 22.9 Å². The minimum absolute atomic E-state index is 0.104. The number of carbonyl (C=O) groups is 1. The largest absolute Gasteiger partial charge is 0.449 e. The second kappa shape index (κ2) is 6.48. The highest BCUT2D eigenvalue weighted by Gasteiger charge is 2.38. The lowest BCUT2D eigenvalue weighted by molar-refractivity contribution is -0.137. The van der Waals surface area contributed by atoms with Crippen LogP contribution in [0.2, 0.25) is 0 Å². The number of halogens is 4. The van der Waals surface area contributed by atoms with E-state index in [1.165, 1.54) is 11.0 Å². The zero-order valence-corrected chi connectivity index (χ0v) is 13.9. The summed E-state index contributed by atoms with van der Waals surface area (Å²) < 4.78 is 43.7. The van der Waals surface area contributed by atoms with Crippen LogP contribution in [0.4, 0.5) is 23.7 Å². The SMILES string of the molecule is CCOC(=O)N1c2ccc(C(F)(F)F)cc2[C@H](Br)CC1CC. The molecule has 0 radical (unpaired) electrons. The van der Waals surface area contributed by atoms with E-state index in [2.05, 4.69) is 15.9 Å². The number of anilines is 1. The molecule has 0 spiro atoms. The number of fused-ring (bicyclic) bond motifs is 1. The van der Waals surface area contributed by atoms with Crippen LogP contribution in [0.15, 0.2) is 18.2 Å². The van der Waals surface area contributed by atoms with E-state index >= 15 is 0 Å². The monoisotopic (exact) mass is 379 g/mol. The Morgan fingerprint density at radius 2 is 2.09 bits per heavy atom. The van der Waals surface area contributed by atoms with Gasteiger partial charge in [0, 0.05) is 10.9 Å². The van der Waals surface area contributed by atoms with E-state index in [0.717, 1.165) is 12.1 Å². The molecule has 3 nitrogen and oxygen atoms in total. The molecule has 0 aromatic heterocycles. The Labute approximate surface area is 135 Å². The molecule has 0 saturated heterocycles. The van der Waals surface area contributed by atoms with E-state index in [1.807, 2.05) is 6.92 Å². The molecule has 0 aliphatic carbocycles. The predicted octanol–water partition coefficient (Wildman–Crippen LogP) is 5.29. The Balaban J connectivity index is 2.49. The number of rotatable bonds is 2. The molecule has 7 heteroatoms. The summed E-state index contributed by atoms with van der Waals surface area (Å²) >= 11 is 3.44. The number of hydrogen-bond donors (Lipinski definition) is 0. The standard InChI is InChI=1S/C15H17BrF3NO2/c1-3-10-8-12(16)11-7-9(15(17,18)19)5-6-13(11)20(10)14(21)22-4-2/h5-7,10,12H,3-4,8H2,1-2H3/t10?,12-/m1/s1. The Bertz CT molecular complexity index is 562. The summed E-state index contributed by atoms with van der Waals surface area (Å²) in [6.07, 6.45) is -3.68. The average molecular weight is 380 g/mol. The predicted molar refractivity (Wildman–Crippen MR) is 81.3 cm³/mol. The third-order valence-electron chi connectivity index (χ3n) is 3.73. The normalized spacial score (nSPS) is 21.5. The smallest absolute Gasteiger partial charge is 0.416 e. The van der Waals surface area contributed by atoms with Gasteiger partial charge in [0.15, 0.2) is 0 Å². The number of ether oxygens (including phenoxy) is 1. The second-order valence-electron chi connectivity index (χ2n) is 5.11. The van der Waals surface area contributed by atoms with Gasteiger partial charge in [-0.2, -0.15) is 13.2 Å². The molecule has 122 valence electrons. The lowest BCUT2D eigenvalue weighted by Crippen LogP contribution is -2.44. The highest BCUT2D eigenvalue weighted by Crippen LogP contribution is 2.45. The van der Waals surface area contributed by atoms with Gasteiger partial charge in [-0.05, 0) is 43.5 Å². The fraction of sp³-hybridized carbons (Fsp3) is 0.533. The van der Waals surface area contributed by atoms with Crippen LogP contribution in [0.3, 0.4) is 0 Å². The third-order valence-corrected chi connectivity index (χ3v) is 4.60. The summed E-state index contributed by atoms with van der Waals surface area (Å²) in [4.78, 5) is 13.4. The molecule has 0 saturated carbocycles. The quantitative estimate of drug-likeness (QED) is 0.653. The van der Waals surface area contributed by atoms with Gasteiger partial charge in [-0.25, -0.2) is 4.79 Å². The molecule has 22 heavy (non-hydrogen) atoms. The van der Waals surface area contributed by atoms with Gasteiger partial charge in [0.1, 0.15) is 0 Å². The summed E-state index contributed by atoms with van der Waals surface area (Å²) in [6.45, 7) is 3.86. The van der Waals surface area contributed by atoms with Crippen molar-refractivity contribution < 1.29 is 22.7 Å². The first-order chi connectivity index (χ1) is 10.3.